The third kappa shape index (κ3) is 2.38. The summed E-state index contributed by atoms with van der Waals surface area (Å²) in [5, 5.41) is 7.35. The number of sulfonamides is 1. The lowest BCUT2D eigenvalue weighted by molar-refractivity contribution is 0.598. The Kier molecular flexibility index (Phi) is 2.97. The molecular formula is C17H13N3O2S. The monoisotopic (exact) mass is 323 g/mol. The van der Waals surface area contributed by atoms with Crippen molar-refractivity contribution in [3.63, 3.8) is 0 Å². The van der Waals surface area contributed by atoms with Gasteiger partial charge in [-0.1, -0.05) is 36.4 Å². The third-order valence-corrected chi connectivity index (χ3v) is 4.72. The van der Waals surface area contributed by atoms with Gasteiger partial charge in [-0.05, 0) is 23.6 Å². The van der Waals surface area contributed by atoms with Crippen molar-refractivity contribution in [3.8, 4) is 11.3 Å². The van der Waals surface area contributed by atoms with Gasteiger partial charge < -0.3 is 4.40 Å². The normalized spacial score (nSPS) is 12.0. The lowest BCUT2D eigenvalue weighted by atomic mass is 10.2. The molecule has 0 radical (unpaired) electrons. The Morgan fingerprint density at radius 2 is 1.83 bits per heavy atom. The molecule has 2 aromatic carbocycles. The van der Waals surface area contributed by atoms with E-state index in [1.807, 2.05) is 53.2 Å². The van der Waals surface area contributed by atoms with Gasteiger partial charge in [0.05, 0.1) is 10.6 Å². The number of nitrogens with two attached hydrogens (primary N) is 1. The molecule has 0 spiro atoms. The first-order chi connectivity index (χ1) is 11.0. The molecule has 2 N–H and O–H groups in total. The Hall–Kier alpha value is -2.70. The highest BCUT2D eigenvalue weighted by atomic mass is 32.2. The van der Waals surface area contributed by atoms with Gasteiger partial charge in [-0.25, -0.2) is 18.5 Å². The van der Waals surface area contributed by atoms with Crippen molar-refractivity contribution in [2.75, 3.05) is 0 Å². The number of primary sulfonamides is 1. The highest BCUT2D eigenvalue weighted by Crippen LogP contribution is 2.25. The molecule has 2 aromatic heterocycles. The fraction of sp³-hybridized carbons (Fsp3) is 0. The molecule has 0 aliphatic carbocycles. The van der Waals surface area contributed by atoms with Gasteiger partial charge in [-0.3, -0.25) is 0 Å². The van der Waals surface area contributed by atoms with Crippen LogP contribution >= 0.6 is 0 Å². The number of fused-ring (bicyclic) bond motifs is 3. The molecule has 0 aliphatic rings. The van der Waals surface area contributed by atoms with Crippen molar-refractivity contribution < 1.29 is 8.42 Å². The van der Waals surface area contributed by atoms with Crippen LogP contribution in [0.25, 0.3) is 27.7 Å². The average molecular weight is 323 g/mol. The van der Waals surface area contributed by atoms with E-state index in [0.29, 0.717) is 11.3 Å². The van der Waals surface area contributed by atoms with E-state index in [-0.39, 0.29) is 4.90 Å². The Balaban J connectivity index is 1.95. The number of pyridine rings is 1. The van der Waals surface area contributed by atoms with Crippen LogP contribution in [0.2, 0.25) is 0 Å². The van der Waals surface area contributed by atoms with Crippen LogP contribution in [0.4, 0.5) is 0 Å². The summed E-state index contributed by atoms with van der Waals surface area (Å²) in [6.07, 6.45) is 3.82. The van der Waals surface area contributed by atoms with Gasteiger partial charge in [0.2, 0.25) is 10.0 Å². The van der Waals surface area contributed by atoms with Crippen LogP contribution in [0.1, 0.15) is 0 Å². The predicted molar refractivity (Wildman–Crippen MR) is 89.5 cm³/mol. The van der Waals surface area contributed by atoms with E-state index in [1.54, 1.807) is 12.1 Å². The van der Waals surface area contributed by atoms with Crippen molar-refractivity contribution in [3.05, 3.63) is 67.0 Å². The topological polar surface area (TPSA) is 77.5 Å². The molecule has 0 atom stereocenters. The lowest BCUT2D eigenvalue weighted by Crippen LogP contribution is -2.11. The summed E-state index contributed by atoms with van der Waals surface area (Å²) >= 11 is 0. The second-order valence-corrected chi connectivity index (χ2v) is 6.89. The van der Waals surface area contributed by atoms with Crippen LogP contribution in [0, 0.1) is 0 Å². The first-order valence-electron chi connectivity index (χ1n) is 7.02. The van der Waals surface area contributed by atoms with Crippen molar-refractivity contribution in [1.82, 2.24) is 9.38 Å². The Bertz CT molecular complexity index is 1150. The summed E-state index contributed by atoms with van der Waals surface area (Å²) in [5.41, 5.74) is 2.25. The zero-order chi connectivity index (χ0) is 16.0. The molecule has 0 saturated carbocycles. The number of benzene rings is 2. The molecule has 4 rings (SSSR count). The van der Waals surface area contributed by atoms with Crippen LogP contribution in [0.3, 0.4) is 0 Å². The van der Waals surface area contributed by atoms with Gasteiger partial charge in [0, 0.05) is 23.3 Å². The van der Waals surface area contributed by atoms with Crippen LogP contribution in [0.15, 0.2) is 71.9 Å². The van der Waals surface area contributed by atoms with E-state index >= 15 is 0 Å². The summed E-state index contributed by atoms with van der Waals surface area (Å²) in [6.45, 7) is 0. The van der Waals surface area contributed by atoms with Crippen molar-refractivity contribution in [2.24, 2.45) is 5.14 Å². The number of nitrogens with zero attached hydrogens (tertiary/aromatic N) is 2. The SMILES string of the molecule is NS(=O)(=O)c1cccc(-c2cn3ccc4ccccc4c3n2)c1. The maximum atomic E-state index is 11.5. The molecule has 0 aliphatic heterocycles. The summed E-state index contributed by atoms with van der Waals surface area (Å²) < 4.78 is 25.0. The molecule has 0 saturated heterocycles. The summed E-state index contributed by atoms with van der Waals surface area (Å²) in [7, 11) is -3.73. The Morgan fingerprint density at radius 1 is 1.00 bits per heavy atom. The van der Waals surface area contributed by atoms with E-state index in [2.05, 4.69) is 4.98 Å². The second kappa shape index (κ2) is 4.91. The summed E-state index contributed by atoms with van der Waals surface area (Å²) in [6, 6.07) is 16.5. The quantitative estimate of drug-likeness (QED) is 0.616. The molecular weight excluding hydrogens is 310 g/mol. The van der Waals surface area contributed by atoms with Crippen LogP contribution in [-0.4, -0.2) is 17.8 Å². The van der Waals surface area contributed by atoms with Crippen LogP contribution < -0.4 is 5.14 Å². The summed E-state index contributed by atoms with van der Waals surface area (Å²) in [5.74, 6) is 0. The Labute approximate surface area is 133 Å². The molecule has 23 heavy (non-hydrogen) atoms. The first-order valence-corrected chi connectivity index (χ1v) is 8.57. The molecule has 2 heterocycles. The molecule has 114 valence electrons. The van der Waals surface area contributed by atoms with E-state index in [4.69, 9.17) is 5.14 Å². The van der Waals surface area contributed by atoms with Gasteiger partial charge in [0.1, 0.15) is 5.65 Å². The maximum Gasteiger partial charge on any atom is 0.238 e. The minimum Gasteiger partial charge on any atom is -0.306 e. The van der Waals surface area contributed by atoms with Gasteiger partial charge in [-0.15, -0.1) is 0 Å². The largest absolute Gasteiger partial charge is 0.306 e. The minimum atomic E-state index is -3.73. The second-order valence-electron chi connectivity index (χ2n) is 5.33. The number of rotatable bonds is 2. The predicted octanol–water partition coefficient (Wildman–Crippen LogP) is 2.80. The van der Waals surface area contributed by atoms with Crippen LogP contribution in [0.5, 0.6) is 0 Å². The molecule has 0 unspecified atom stereocenters. The molecule has 0 amide bonds. The van der Waals surface area contributed by atoms with Gasteiger partial charge >= 0.3 is 0 Å². The van der Waals surface area contributed by atoms with E-state index < -0.39 is 10.0 Å². The number of hydrogen-bond donors (Lipinski definition) is 1. The van der Waals surface area contributed by atoms with Crippen molar-refractivity contribution in [2.45, 2.75) is 4.90 Å². The zero-order valence-corrected chi connectivity index (χ0v) is 12.9. The number of hydrogen-bond acceptors (Lipinski definition) is 3. The lowest BCUT2D eigenvalue weighted by Gasteiger charge is -2.00. The number of imidazole rings is 1. The van der Waals surface area contributed by atoms with Gasteiger partial charge in [-0.2, -0.15) is 0 Å². The maximum absolute atomic E-state index is 11.5. The fourth-order valence-electron chi connectivity index (χ4n) is 2.68. The number of aromatic nitrogens is 2. The van der Waals surface area contributed by atoms with Gasteiger partial charge in [0.25, 0.3) is 0 Å². The van der Waals surface area contributed by atoms with E-state index in [9.17, 15) is 8.42 Å². The fourth-order valence-corrected chi connectivity index (χ4v) is 3.24. The molecule has 0 fully saturated rings. The van der Waals surface area contributed by atoms with Crippen LogP contribution in [-0.2, 0) is 10.0 Å². The third-order valence-electron chi connectivity index (χ3n) is 3.81. The molecule has 6 heteroatoms. The molecule has 5 nitrogen and oxygen atoms in total. The average Bonchev–Trinajstić information content (AvgIpc) is 2.99. The van der Waals surface area contributed by atoms with E-state index in [1.165, 1.54) is 6.07 Å². The van der Waals surface area contributed by atoms with Crippen molar-refractivity contribution in [1.29, 1.82) is 0 Å². The standard InChI is InChI=1S/C17H13N3O2S/c18-23(21,22)14-6-3-5-13(10-14)16-11-20-9-8-12-4-1-2-7-15(12)17(20)19-16/h1-11H,(H2,18,21,22). The van der Waals surface area contributed by atoms with Crippen molar-refractivity contribution >= 4 is 26.4 Å². The molecule has 4 aromatic rings. The van der Waals surface area contributed by atoms with Gasteiger partial charge in [0.15, 0.2) is 0 Å². The highest BCUT2D eigenvalue weighted by molar-refractivity contribution is 7.89. The molecule has 0 bridgehead atoms. The minimum absolute atomic E-state index is 0.0805. The zero-order valence-electron chi connectivity index (χ0n) is 12.0. The van der Waals surface area contributed by atoms with E-state index in [0.717, 1.165) is 16.4 Å². The smallest absolute Gasteiger partial charge is 0.238 e. The summed E-state index contributed by atoms with van der Waals surface area (Å²) in [4.78, 5) is 4.74. The first kappa shape index (κ1) is 13.9. The Morgan fingerprint density at radius 3 is 2.65 bits per heavy atom. The highest BCUT2D eigenvalue weighted by Gasteiger charge is 2.11.